The number of hydrogen-bond acceptors (Lipinski definition) is 3. The zero-order chi connectivity index (χ0) is 16.7. The molecule has 2 fully saturated rings. The van der Waals surface area contributed by atoms with Crippen LogP contribution in [0.4, 0.5) is 5.69 Å². The van der Waals surface area contributed by atoms with Gasteiger partial charge in [-0.3, -0.25) is 14.5 Å². The molecular formula is C20H23NO3. The molecule has 4 aliphatic rings. The van der Waals surface area contributed by atoms with E-state index in [2.05, 4.69) is 19.1 Å². The second kappa shape index (κ2) is 6.08. The van der Waals surface area contributed by atoms with Crippen molar-refractivity contribution in [3.05, 3.63) is 36.4 Å². The van der Waals surface area contributed by atoms with Crippen LogP contribution in [0.25, 0.3) is 0 Å². The van der Waals surface area contributed by atoms with Gasteiger partial charge in [0.15, 0.2) is 0 Å². The van der Waals surface area contributed by atoms with Crippen LogP contribution in [0.15, 0.2) is 36.4 Å². The summed E-state index contributed by atoms with van der Waals surface area (Å²) in [6.07, 6.45) is 8.46. The first-order chi connectivity index (χ1) is 11.7. The number of allylic oxidation sites excluding steroid dienone is 2. The second-order valence-electron chi connectivity index (χ2n) is 7.05. The number of carbonyl (C=O) groups is 2. The van der Waals surface area contributed by atoms with Crippen LogP contribution in [0, 0.1) is 23.7 Å². The Labute approximate surface area is 142 Å². The number of nitrogens with zero attached hydrogens (tertiary/aromatic N) is 1. The molecule has 24 heavy (non-hydrogen) atoms. The van der Waals surface area contributed by atoms with Gasteiger partial charge < -0.3 is 4.74 Å². The van der Waals surface area contributed by atoms with Gasteiger partial charge in [0, 0.05) is 0 Å². The van der Waals surface area contributed by atoms with Crippen molar-refractivity contribution in [1.29, 1.82) is 0 Å². The molecule has 0 radical (unpaired) electrons. The van der Waals surface area contributed by atoms with Gasteiger partial charge in [0.25, 0.3) is 0 Å². The molecule has 3 aliphatic carbocycles. The molecule has 2 amide bonds. The maximum atomic E-state index is 12.9. The van der Waals surface area contributed by atoms with Gasteiger partial charge in [-0.05, 0) is 55.4 Å². The summed E-state index contributed by atoms with van der Waals surface area (Å²) >= 11 is 0. The molecule has 4 atom stereocenters. The Morgan fingerprint density at radius 2 is 1.58 bits per heavy atom. The zero-order valence-corrected chi connectivity index (χ0v) is 14.0. The van der Waals surface area contributed by atoms with Crippen molar-refractivity contribution in [2.75, 3.05) is 11.5 Å². The summed E-state index contributed by atoms with van der Waals surface area (Å²) in [5.41, 5.74) is 0.668. The molecule has 126 valence electrons. The fourth-order valence-electron chi connectivity index (χ4n) is 4.35. The van der Waals surface area contributed by atoms with E-state index in [9.17, 15) is 9.59 Å². The number of hydrogen-bond donors (Lipinski definition) is 0. The maximum Gasteiger partial charge on any atom is 0.238 e. The SMILES string of the molecule is CCCCOc1ccc(N2C(=O)[C@@H]3[C@H](C2=O)[C@@H]2C=C[C@H]3CC2)cc1. The van der Waals surface area contributed by atoms with Gasteiger partial charge in [0.2, 0.25) is 11.8 Å². The largest absolute Gasteiger partial charge is 0.494 e. The number of carbonyl (C=O) groups excluding carboxylic acids is 2. The highest BCUT2D eigenvalue weighted by Crippen LogP contribution is 2.50. The highest BCUT2D eigenvalue weighted by atomic mass is 16.5. The minimum absolute atomic E-state index is 0.0244. The maximum absolute atomic E-state index is 12.9. The number of fused-ring (bicyclic) bond motifs is 1. The van der Waals surface area contributed by atoms with E-state index >= 15 is 0 Å². The molecule has 1 aromatic carbocycles. The van der Waals surface area contributed by atoms with Crippen molar-refractivity contribution in [2.24, 2.45) is 23.7 Å². The van der Waals surface area contributed by atoms with Crippen LogP contribution >= 0.6 is 0 Å². The number of ether oxygens (including phenoxy) is 1. The van der Waals surface area contributed by atoms with Gasteiger partial charge >= 0.3 is 0 Å². The molecular weight excluding hydrogens is 302 g/mol. The summed E-state index contributed by atoms with van der Waals surface area (Å²) in [5, 5.41) is 0. The number of anilines is 1. The van der Waals surface area contributed by atoms with Crippen molar-refractivity contribution in [2.45, 2.75) is 32.6 Å². The van der Waals surface area contributed by atoms with Crippen molar-refractivity contribution in [3.8, 4) is 5.75 Å². The summed E-state index contributed by atoms with van der Waals surface area (Å²) in [4.78, 5) is 27.2. The van der Waals surface area contributed by atoms with Crippen LogP contribution in [0.2, 0.25) is 0 Å². The lowest BCUT2D eigenvalue weighted by Crippen LogP contribution is -2.38. The first-order valence-electron chi connectivity index (χ1n) is 8.99. The van der Waals surface area contributed by atoms with Crippen LogP contribution in [0.1, 0.15) is 32.6 Å². The predicted octanol–water partition coefficient (Wildman–Crippen LogP) is 3.57. The summed E-state index contributed by atoms with van der Waals surface area (Å²) in [6, 6.07) is 7.34. The molecule has 4 heteroatoms. The molecule has 0 N–H and O–H groups in total. The second-order valence-corrected chi connectivity index (χ2v) is 7.05. The summed E-state index contributed by atoms with van der Waals surface area (Å²) < 4.78 is 5.66. The van der Waals surface area contributed by atoms with Crippen molar-refractivity contribution >= 4 is 17.5 Å². The lowest BCUT2D eigenvalue weighted by molar-refractivity contribution is -0.124. The topological polar surface area (TPSA) is 46.6 Å². The fourth-order valence-corrected chi connectivity index (χ4v) is 4.35. The predicted molar refractivity (Wildman–Crippen MR) is 91.7 cm³/mol. The number of amides is 2. The molecule has 4 nitrogen and oxygen atoms in total. The van der Waals surface area contributed by atoms with E-state index in [0.29, 0.717) is 12.3 Å². The highest BCUT2D eigenvalue weighted by molar-refractivity contribution is 6.22. The molecule has 0 aromatic heterocycles. The Bertz CT molecular complexity index is 647. The summed E-state index contributed by atoms with van der Waals surface area (Å²) in [5.74, 6) is 0.900. The Morgan fingerprint density at radius 1 is 1.00 bits per heavy atom. The van der Waals surface area contributed by atoms with Gasteiger partial charge in [-0.25, -0.2) is 0 Å². The molecule has 1 heterocycles. The average Bonchev–Trinajstić information content (AvgIpc) is 2.90. The number of benzene rings is 1. The quantitative estimate of drug-likeness (QED) is 0.472. The normalized spacial score (nSPS) is 30.8. The van der Waals surface area contributed by atoms with Crippen LogP contribution in [-0.2, 0) is 9.59 Å². The van der Waals surface area contributed by atoms with Gasteiger partial charge in [-0.1, -0.05) is 25.5 Å². The molecule has 2 bridgehead atoms. The minimum Gasteiger partial charge on any atom is -0.494 e. The lowest BCUT2D eigenvalue weighted by atomic mass is 9.63. The first-order valence-corrected chi connectivity index (χ1v) is 8.99. The number of unbranched alkanes of at least 4 members (excludes halogenated alkanes) is 1. The zero-order valence-electron chi connectivity index (χ0n) is 14.0. The Morgan fingerprint density at radius 3 is 2.08 bits per heavy atom. The number of imide groups is 1. The van der Waals surface area contributed by atoms with Gasteiger partial charge in [0.1, 0.15) is 5.75 Å². The van der Waals surface area contributed by atoms with Crippen LogP contribution < -0.4 is 9.64 Å². The summed E-state index contributed by atoms with van der Waals surface area (Å²) in [6.45, 7) is 2.81. The Balaban J connectivity index is 1.54. The van der Waals surface area contributed by atoms with Crippen LogP contribution in [0.5, 0.6) is 5.75 Å². The van der Waals surface area contributed by atoms with Gasteiger partial charge in [0.05, 0.1) is 24.1 Å². The first kappa shape index (κ1) is 15.4. The van der Waals surface area contributed by atoms with E-state index in [-0.39, 0.29) is 35.5 Å². The Hall–Kier alpha value is -2.10. The van der Waals surface area contributed by atoms with Gasteiger partial charge in [-0.15, -0.1) is 0 Å². The van der Waals surface area contributed by atoms with E-state index in [0.717, 1.165) is 31.4 Å². The van der Waals surface area contributed by atoms with E-state index in [1.54, 1.807) is 0 Å². The lowest BCUT2D eigenvalue weighted by Gasteiger charge is -2.38. The summed E-state index contributed by atoms with van der Waals surface area (Å²) in [7, 11) is 0. The molecule has 1 aromatic rings. The number of rotatable bonds is 5. The molecule has 5 rings (SSSR count). The van der Waals surface area contributed by atoms with Crippen molar-refractivity contribution in [1.82, 2.24) is 0 Å². The minimum atomic E-state index is -0.151. The molecule has 0 unspecified atom stereocenters. The van der Waals surface area contributed by atoms with E-state index in [1.807, 2.05) is 24.3 Å². The Kier molecular flexibility index (Phi) is 3.91. The molecule has 0 spiro atoms. The smallest absolute Gasteiger partial charge is 0.238 e. The fraction of sp³-hybridized carbons (Fsp3) is 0.500. The van der Waals surface area contributed by atoms with Crippen LogP contribution in [0.3, 0.4) is 0 Å². The van der Waals surface area contributed by atoms with E-state index in [1.165, 1.54) is 4.90 Å². The monoisotopic (exact) mass is 325 g/mol. The van der Waals surface area contributed by atoms with Crippen molar-refractivity contribution in [3.63, 3.8) is 0 Å². The van der Waals surface area contributed by atoms with Crippen molar-refractivity contribution < 1.29 is 14.3 Å². The molecule has 1 aliphatic heterocycles. The van der Waals surface area contributed by atoms with Gasteiger partial charge in [-0.2, -0.15) is 0 Å². The van der Waals surface area contributed by atoms with E-state index < -0.39 is 0 Å². The third-order valence-electron chi connectivity index (χ3n) is 5.62. The van der Waals surface area contributed by atoms with E-state index in [4.69, 9.17) is 4.74 Å². The third kappa shape index (κ3) is 2.36. The molecule has 1 saturated heterocycles. The third-order valence-corrected chi connectivity index (χ3v) is 5.62. The molecule has 1 saturated carbocycles. The highest BCUT2D eigenvalue weighted by Gasteiger charge is 2.56. The van der Waals surface area contributed by atoms with Crippen LogP contribution in [-0.4, -0.2) is 18.4 Å². The average molecular weight is 325 g/mol. The standard InChI is InChI=1S/C20H23NO3/c1-2-3-12-24-16-10-8-15(9-11-16)21-19(22)17-13-4-5-14(7-6-13)18(17)20(21)23/h4-5,8-11,13-14,17-18H,2-3,6-7,12H2,1H3/t13-,14+,17-,18+.